The minimum atomic E-state index is -0.283. The fourth-order valence-corrected chi connectivity index (χ4v) is 5.49. The van der Waals surface area contributed by atoms with Crippen molar-refractivity contribution in [3.63, 3.8) is 0 Å². The molecule has 0 atom stereocenters. The van der Waals surface area contributed by atoms with Crippen LogP contribution in [0, 0.1) is 22.2 Å². The molecule has 0 unspecified atom stereocenters. The third kappa shape index (κ3) is 2.57. The summed E-state index contributed by atoms with van der Waals surface area (Å²) in [6, 6.07) is 5.48. The van der Waals surface area contributed by atoms with Crippen LogP contribution in [-0.2, 0) is 6.54 Å². The lowest BCUT2D eigenvalue weighted by Gasteiger charge is -2.65. The molecular formula is C21H21ClN4O2. The van der Waals surface area contributed by atoms with Gasteiger partial charge in [-0.3, -0.25) is 9.78 Å². The summed E-state index contributed by atoms with van der Waals surface area (Å²) in [5.41, 5.74) is 1.30. The van der Waals surface area contributed by atoms with Crippen LogP contribution in [-0.4, -0.2) is 32.9 Å². The highest BCUT2D eigenvalue weighted by molar-refractivity contribution is 6.31. The van der Waals surface area contributed by atoms with Gasteiger partial charge in [0.15, 0.2) is 5.69 Å². The molecule has 1 aliphatic heterocycles. The molecule has 7 heteroatoms. The van der Waals surface area contributed by atoms with Crippen molar-refractivity contribution in [2.24, 2.45) is 10.8 Å². The van der Waals surface area contributed by atoms with Gasteiger partial charge in [-0.25, -0.2) is 4.98 Å². The highest BCUT2D eigenvalue weighted by atomic mass is 35.5. The second kappa shape index (κ2) is 6.18. The van der Waals surface area contributed by atoms with E-state index in [9.17, 15) is 4.79 Å². The van der Waals surface area contributed by atoms with E-state index in [4.69, 9.17) is 21.6 Å². The van der Waals surface area contributed by atoms with Crippen molar-refractivity contribution in [2.45, 2.75) is 46.4 Å². The van der Waals surface area contributed by atoms with Crippen molar-refractivity contribution >= 4 is 17.5 Å². The van der Waals surface area contributed by atoms with Gasteiger partial charge in [0, 0.05) is 41.9 Å². The van der Waals surface area contributed by atoms with Crippen LogP contribution < -0.4 is 4.74 Å². The number of fused-ring (bicyclic) bond motifs is 1. The van der Waals surface area contributed by atoms with Gasteiger partial charge >= 0.3 is 0 Å². The Morgan fingerprint density at radius 2 is 2.00 bits per heavy atom. The molecule has 2 aromatic heterocycles. The number of halogens is 1. The molecule has 2 aromatic rings. The number of aromatic nitrogens is 2. The van der Waals surface area contributed by atoms with Gasteiger partial charge in [0.25, 0.3) is 5.91 Å². The zero-order chi connectivity index (χ0) is 20.3. The Morgan fingerprint density at radius 1 is 1.29 bits per heavy atom. The Bertz CT molecular complexity index is 996. The summed E-state index contributed by atoms with van der Waals surface area (Å²) in [4.78, 5) is 23.1. The van der Waals surface area contributed by atoms with E-state index in [1.165, 1.54) is 6.20 Å². The molecule has 28 heavy (non-hydrogen) atoms. The van der Waals surface area contributed by atoms with E-state index in [1.807, 2.05) is 17.0 Å². The van der Waals surface area contributed by atoms with Gasteiger partial charge in [-0.15, -0.1) is 0 Å². The average Bonchev–Trinajstić information content (AvgIpc) is 2.95. The minimum Gasteiger partial charge on any atom is -0.487 e. The number of ether oxygens (including phenoxy) is 1. The van der Waals surface area contributed by atoms with Crippen LogP contribution in [0.1, 0.15) is 49.3 Å². The zero-order valence-electron chi connectivity index (χ0n) is 16.2. The lowest BCUT2D eigenvalue weighted by atomic mass is 9.49. The monoisotopic (exact) mass is 396 g/mol. The third-order valence-electron chi connectivity index (χ3n) is 5.99. The van der Waals surface area contributed by atoms with Gasteiger partial charge in [0.1, 0.15) is 17.9 Å². The summed E-state index contributed by atoms with van der Waals surface area (Å²) in [5, 5.41) is 9.26. The second-order valence-corrected chi connectivity index (χ2v) is 9.03. The van der Waals surface area contributed by atoms with Crippen LogP contribution in [0.3, 0.4) is 0 Å². The van der Waals surface area contributed by atoms with Gasteiger partial charge in [0.2, 0.25) is 0 Å². The summed E-state index contributed by atoms with van der Waals surface area (Å²) in [6.07, 6.45) is 4.74. The van der Waals surface area contributed by atoms with Gasteiger partial charge in [-0.1, -0.05) is 39.3 Å². The largest absolute Gasteiger partial charge is 0.487 e. The molecule has 0 radical (unpaired) electrons. The topological polar surface area (TPSA) is 79.1 Å². The van der Waals surface area contributed by atoms with Crippen molar-refractivity contribution in [3.8, 4) is 11.8 Å². The predicted octanol–water partition coefficient (Wildman–Crippen LogP) is 3.84. The number of hydrogen-bond donors (Lipinski definition) is 0. The average molecular weight is 397 g/mol. The maximum atomic E-state index is 13.0. The maximum absolute atomic E-state index is 13.0. The normalized spacial score (nSPS) is 24.3. The van der Waals surface area contributed by atoms with E-state index in [-0.39, 0.29) is 39.6 Å². The number of nitriles is 1. The fraction of sp³-hybridized carbons (Fsp3) is 0.429. The standard InChI is InChI=1S/C21H21ClN4O2/c1-20(2)18(26-11-12-5-6-24-10-14(12)17(26)27)21(3,4)19(20)28-13-7-15(22)16(8-23)25-9-13/h5-7,9-10,18-19H,11H2,1-4H3/t18-,19-. The molecule has 0 bridgehead atoms. The summed E-state index contributed by atoms with van der Waals surface area (Å²) in [5.74, 6) is 0.546. The fourth-order valence-electron chi connectivity index (χ4n) is 5.29. The van der Waals surface area contributed by atoms with Crippen LogP contribution in [0.25, 0.3) is 0 Å². The number of carbonyl (C=O) groups is 1. The number of pyridine rings is 2. The van der Waals surface area contributed by atoms with E-state index in [2.05, 4.69) is 37.7 Å². The summed E-state index contributed by atoms with van der Waals surface area (Å²) < 4.78 is 6.26. The van der Waals surface area contributed by atoms with Crippen LogP contribution >= 0.6 is 11.6 Å². The molecule has 0 N–H and O–H groups in total. The first-order valence-corrected chi connectivity index (χ1v) is 9.52. The number of nitrogens with zero attached hydrogens (tertiary/aromatic N) is 4. The van der Waals surface area contributed by atoms with Crippen molar-refractivity contribution in [1.29, 1.82) is 5.26 Å². The number of hydrogen-bond acceptors (Lipinski definition) is 5. The van der Waals surface area contributed by atoms with Gasteiger partial charge in [0.05, 0.1) is 16.8 Å². The quantitative estimate of drug-likeness (QED) is 0.787. The highest BCUT2D eigenvalue weighted by Gasteiger charge is 2.67. The van der Waals surface area contributed by atoms with Crippen molar-refractivity contribution in [1.82, 2.24) is 14.9 Å². The van der Waals surface area contributed by atoms with Gasteiger partial charge < -0.3 is 9.64 Å². The Morgan fingerprint density at radius 3 is 2.61 bits per heavy atom. The van der Waals surface area contributed by atoms with Gasteiger partial charge in [-0.05, 0) is 11.6 Å². The molecule has 0 saturated heterocycles. The van der Waals surface area contributed by atoms with E-state index in [0.717, 1.165) is 5.56 Å². The van der Waals surface area contributed by atoms with E-state index in [0.29, 0.717) is 17.9 Å². The summed E-state index contributed by atoms with van der Waals surface area (Å²) >= 11 is 6.10. The molecule has 3 heterocycles. The van der Waals surface area contributed by atoms with Gasteiger partial charge in [-0.2, -0.15) is 5.26 Å². The molecule has 1 aliphatic carbocycles. The van der Waals surface area contributed by atoms with Crippen molar-refractivity contribution < 1.29 is 9.53 Å². The first-order valence-electron chi connectivity index (χ1n) is 9.14. The Hall–Kier alpha value is -2.65. The minimum absolute atomic E-state index is 0.00622. The highest BCUT2D eigenvalue weighted by Crippen LogP contribution is 2.59. The SMILES string of the molecule is CC1(C)[C@H](Oc2cnc(C#N)c(Cl)c2)C(C)(C)[C@H]1N1Cc2ccncc2C1=O. The molecular weight excluding hydrogens is 376 g/mol. The molecule has 1 amide bonds. The van der Waals surface area contributed by atoms with Crippen LogP contribution in [0.4, 0.5) is 0 Å². The molecule has 6 nitrogen and oxygen atoms in total. The number of rotatable bonds is 3. The van der Waals surface area contributed by atoms with Crippen LogP contribution in [0.2, 0.25) is 5.02 Å². The van der Waals surface area contributed by atoms with E-state index < -0.39 is 0 Å². The summed E-state index contributed by atoms with van der Waals surface area (Å²) in [7, 11) is 0. The first kappa shape index (κ1) is 18.7. The zero-order valence-corrected chi connectivity index (χ0v) is 17.0. The molecule has 0 spiro atoms. The lowest BCUT2D eigenvalue weighted by molar-refractivity contribution is -0.199. The van der Waals surface area contributed by atoms with Crippen molar-refractivity contribution in [3.05, 3.63) is 52.6 Å². The van der Waals surface area contributed by atoms with Crippen molar-refractivity contribution in [2.75, 3.05) is 0 Å². The van der Waals surface area contributed by atoms with E-state index in [1.54, 1.807) is 18.5 Å². The van der Waals surface area contributed by atoms with Crippen LogP contribution in [0.15, 0.2) is 30.7 Å². The third-order valence-corrected chi connectivity index (χ3v) is 6.28. The Labute approximate surface area is 169 Å². The lowest BCUT2D eigenvalue weighted by Crippen LogP contribution is -2.74. The molecule has 1 fully saturated rings. The second-order valence-electron chi connectivity index (χ2n) is 8.62. The Balaban J connectivity index is 1.60. The molecule has 0 aromatic carbocycles. The smallest absolute Gasteiger partial charge is 0.256 e. The predicted molar refractivity (Wildman–Crippen MR) is 104 cm³/mol. The first-order chi connectivity index (χ1) is 13.2. The summed E-state index contributed by atoms with van der Waals surface area (Å²) in [6.45, 7) is 9.04. The van der Waals surface area contributed by atoms with Crippen LogP contribution in [0.5, 0.6) is 5.75 Å². The maximum Gasteiger partial charge on any atom is 0.256 e. The molecule has 144 valence electrons. The number of carbonyl (C=O) groups excluding carboxylic acids is 1. The molecule has 4 rings (SSSR count). The van der Waals surface area contributed by atoms with E-state index >= 15 is 0 Å². The number of amides is 1. The molecule has 1 saturated carbocycles. The molecule has 2 aliphatic rings. The Kier molecular flexibility index (Phi) is 4.13.